The summed E-state index contributed by atoms with van der Waals surface area (Å²) < 4.78 is 5.37. The number of carbonyl (C=O) groups excluding carboxylic acids is 3. The monoisotopic (exact) mass is 334 g/mol. The third kappa shape index (κ3) is 3.81. The van der Waals surface area contributed by atoms with Crippen molar-refractivity contribution in [3.63, 3.8) is 0 Å². The highest BCUT2D eigenvalue weighted by molar-refractivity contribution is 6.04. The normalized spacial score (nSPS) is 16.6. The minimum atomic E-state index is -0.644. The molecule has 0 aromatic carbocycles. The Balaban J connectivity index is 1.94. The van der Waals surface area contributed by atoms with Crippen molar-refractivity contribution in [3.05, 3.63) is 23.0 Å². The molecule has 2 N–H and O–H groups in total. The predicted molar refractivity (Wildman–Crippen MR) is 86.4 cm³/mol. The van der Waals surface area contributed by atoms with E-state index in [9.17, 15) is 14.4 Å². The number of imide groups is 1. The van der Waals surface area contributed by atoms with E-state index in [-0.39, 0.29) is 18.7 Å². The predicted octanol–water partition coefficient (Wildman–Crippen LogP) is 0.654. The molecule has 0 unspecified atom stereocenters. The van der Waals surface area contributed by atoms with Crippen LogP contribution in [0.3, 0.4) is 0 Å². The zero-order chi connectivity index (χ0) is 17.9. The molecule has 0 aliphatic carbocycles. The number of nitrogens with zero attached hydrogens (tertiary/aromatic N) is 2. The van der Waals surface area contributed by atoms with Gasteiger partial charge in [-0.05, 0) is 20.3 Å². The molecule has 1 atom stereocenters. The van der Waals surface area contributed by atoms with Crippen LogP contribution in [0.15, 0.2) is 6.20 Å². The number of ether oxygens (including phenoxy) is 1. The van der Waals surface area contributed by atoms with Gasteiger partial charge >= 0.3 is 6.03 Å². The molecule has 8 heteroatoms. The number of aryl methyl sites for hydroxylation is 1. The Hall–Kier alpha value is -2.64. The van der Waals surface area contributed by atoms with Crippen molar-refractivity contribution in [2.75, 3.05) is 14.2 Å². The summed E-state index contributed by atoms with van der Waals surface area (Å²) in [4.78, 5) is 40.7. The molecule has 2 heterocycles. The third-order valence-electron chi connectivity index (χ3n) is 4.07. The summed E-state index contributed by atoms with van der Waals surface area (Å²) in [5.74, 6) is 0.257. The van der Waals surface area contributed by atoms with Crippen molar-refractivity contribution in [2.45, 2.75) is 39.3 Å². The summed E-state index contributed by atoms with van der Waals surface area (Å²) in [6, 6.07) is -1.16. The Morgan fingerprint density at radius 1 is 1.38 bits per heavy atom. The average molecular weight is 334 g/mol. The van der Waals surface area contributed by atoms with E-state index in [0.717, 1.165) is 22.6 Å². The molecule has 8 nitrogen and oxygen atoms in total. The fraction of sp³-hybridized carbons (Fsp3) is 0.500. The van der Waals surface area contributed by atoms with Crippen LogP contribution in [-0.4, -0.2) is 47.9 Å². The Kier molecular flexibility index (Phi) is 5.38. The van der Waals surface area contributed by atoms with Crippen LogP contribution in [0.1, 0.15) is 29.7 Å². The van der Waals surface area contributed by atoms with Crippen molar-refractivity contribution in [1.29, 1.82) is 0 Å². The smallest absolute Gasteiger partial charge is 0.322 e. The van der Waals surface area contributed by atoms with Gasteiger partial charge in [0.25, 0.3) is 5.91 Å². The van der Waals surface area contributed by atoms with Gasteiger partial charge in [0.1, 0.15) is 11.8 Å². The molecule has 1 aliphatic heterocycles. The summed E-state index contributed by atoms with van der Waals surface area (Å²) in [6.45, 7) is 4.17. The number of hydrogen-bond acceptors (Lipinski definition) is 5. The van der Waals surface area contributed by atoms with E-state index in [4.69, 9.17) is 4.74 Å². The van der Waals surface area contributed by atoms with Gasteiger partial charge in [0.15, 0.2) is 0 Å². The SMILES string of the molecule is COc1c(C)cnc(CN(C)C(=O)CC[C@@H]2NC(=O)NC2=O)c1C. The first kappa shape index (κ1) is 17.7. The van der Waals surface area contributed by atoms with E-state index in [1.165, 1.54) is 0 Å². The number of methoxy groups -OCH3 is 1. The zero-order valence-electron chi connectivity index (χ0n) is 14.3. The summed E-state index contributed by atoms with van der Waals surface area (Å²) in [5, 5.41) is 4.63. The molecule has 2 rings (SSSR count). The largest absolute Gasteiger partial charge is 0.496 e. The molecular formula is C16H22N4O4. The fourth-order valence-corrected chi connectivity index (χ4v) is 2.66. The Morgan fingerprint density at radius 2 is 2.08 bits per heavy atom. The molecule has 24 heavy (non-hydrogen) atoms. The summed E-state index contributed by atoms with van der Waals surface area (Å²) in [6.07, 6.45) is 2.15. The van der Waals surface area contributed by atoms with E-state index in [0.29, 0.717) is 6.54 Å². The standard InChI is InChI=1S/C16H22N4O4/c1-9-7-17-12(10(2)14(9)24-4)8-20(3)13(21)6-5-11-15(22)19-16(23)18-11/h7,11H,5-6,8H2,1-4H3,(H2,18,19,22,23)/t11-/m0/s1. The maximum atomic E-state index is 12.2. The van der Waals surface area contributed by atoms with Gasteiger partial charge in [-0.3, -0.25) is 19.9 Å². The number of carbonyl (C=O) groups is 3. The van der Waals surface area contributed by atoms with Gasteiger partial charge in [0.2, 0.25) is 5.91 Å². The van der Waals surface area contributed by atoms with Gasteiger partial charge in [-0.2, -0.15) is 0 Å². The highest BCUT2D eigenvalue weighted by Crippen LogP contribution is 2.24. The Labute approximate surface area is 140 Å². The molecule has 0 radical (unpaired) electrons. The van der Waals surface area contributed by atoms with Crippen LogP contribution in [0, 0.1) is 13.8 Å². The lowest BCUT2D eigenvalue weighted by Gasteiger charge is -2.20. The van der Waals surface area contributed by atoms with E-state index in [1.807, 2.05) is 13.8 Å². The van der Waals surface area contributed by atoms with Crippen LogP contribution < -0.4 is 15.4 Å². The van der Waals surface area contributed by atoms with Crippen LogP contribution >= 0.6 is 0 Å². The van der Waals surface area contributed by atoms with Crippen LogP contribution in [0.2, 0.25) is 0 Å². The molecule has 4 amide bonds. The molecular weight excluding hydrogens is 312 g/mol. The fourth-order valence-electron chi connectivity index (χ4n) is 2.66. The second kappa shape index (κ2) is 7.29. The second-order valence-electron chi connectivity index (χ2n) is 5.85. The Morgan fingerprint density at radius 3 is 2.67 bits per heavy atom. The van der Waals surface area contributed by atoms with Crippen molar-refractivity contribution >= 4 is 17.8 Å². The van der Waals surface area contributed by atoms with Gasteiger partial charge < -0.3 is 15.0 Å². The highest BCUT2D eigenvalue weighted by Gasteiger charge is 2.29. The molecule has 1 fully saturated rings. The maximum absolute atomic E-state index is 12.2. The summed E-state index contributed by atoms with van der Waals surface area (Å²) in [5.41, 5.74) is 2.61. The van der Waals surface area contributed by atoms with Crippen molar-refractivity contribution in [1.82, 2.24) is 20.5 Å². The molecule has 1 aromatic rings. The highest BCUT2D eigenvalue weighted by atomic mass is 16.5. The van der Waals surface area contributed by atoms with Gasteiger partial charge in [0, 0.05) is 30.8 Å². The first-order valence-corrected chi connectivity index (χ1v) is 7.67. The molecule has 130 valence electrons. The summed E-state index contributed by atoms with van der Waals surface area (Å²) in [7, 11) is 3.29. The quantitative estimate of drug-likeness (QED) is 0.744. The summed E-state index contributed by atoms with van der Waals surface area (Å²) >= 11 is 0. The van der Waals surface area contributed by atoms with Crippen molar-refractivity contribution in [3.8, 4) is 5.75 Å². The number of amides is 4. The van der Waals surface area contributed by atoms with Gasteiger partial charge in [0.05, 0.1) is 19.3 Å². The molecule has 1 aliphatic rings. The van der Waals surface area contributed by atoms with Crippen LogP contribution in [0.25, 0.3) is 0 Å². The number of aromatic nitrogens is 1. The molecule has 0 bridgehead atoms. The van der Waals surface area contributed by atoms with Crippen LogP contribution in [-0.2, 0) is 16.1 Å². The first-order chi connectivity index (χ1) is 11.3. The number of rotatable bonds is 6. The van der Waals surface area contributed by atoms with E-state index >= 15 is 0 Å². The topological polar surface area (TPSA) is 101 Å². The number of nitrogens with one attached hydrogen (secondary N) is 2. The molecule has 0 saturated carbocycles. The number of urea groups is 1. The van der Waals surface area contributed by atoms with E-state index < -0.39 is 18.0 Å². The number of pyridine rings is 1. The minimum Gasteiger partial charge on any atom is -0.496 e. The van der Waals surface area contributed by atoms with E-state index in [1.54, 1.807) is 25.3 Å². The Bertz CT molecular complexity index is 674. The van der Waals surface area contributed by atoms with E-state index in [2.05, 4.69) is 15.6 Å². The van der Waals surface area contributed by atoms with Gasteiger partial charge in [-0.15, -0.1) is 0 Å². The molecule has 1 saturated heterocycles. The van der Waals surface area contributed by atoms with Crippen LogP contribution in [0.4, 0.5) is 4.79 Å². The lowest BCUT2D eigenvalue weighted by atomic mass is 10.1. The lowest BCUT2D eigenvalue weighted by molar-refractivity contribution is -0.130. The molecule has 0 spiro atoms. The third-order valence-corrected chi connectivity index (χ3v) is 4.07. The van der Waals surface area contributed by atoms with Gasteiger partial charge in [-0.1, -0.05) is 0 Å². The minimum absolute atomic E-state index is 0.121. The average Bonchev–Trinajstić information content (AvgIpc) is 2.85. The van der Waals surface area contributed by atoms with Crippen LogP contribution in [0.5, 0.6) is 5.75 Å². The molecule has 1 aromatic heterocycles. The van der Waals surface area contributed by atoms with Crippen molar-refractivity contribution < 1.29 is 19.1 Å². The van der Waals surface area contributed by atoms with Crippen molar-refractivity contribution in [2.24, 2.45) is 0 Å². The maximum Gasteiger partial charge on any atom is 0.322 e. The zero-order valence-corrected chi connectivity index (χ0v) is 14.3. The first-order valence-electron chi connectivity index (χ1n) is 7.67. The lowest BCUT2D eigenvalue weighted by Crippen LogP contribution is -2.32. The second-order valence-corrected chi connectivity index (χ2v) is 5.85. The van der Waals surface area contributed by atoms with Gasteiger partial charge in [-0.25, -0.2) is 4.79 Å². The number of hydrogen-bond donors (Lipinski definition) is 2.